The fourth-order valence-corrected chi connectivity index (χ4v) is 13.6. The molecule has 21 heavy (non-hydrogen) atoms. The standard InChI is InChI=1S/C16H34O3Si2/c1-12(2)16(17)18-10-9-11-20-19-21(13(3)4,14(5)6)15(7)8/h13-15H,1,9-11,20H2,2-8H3. The lowest BCUT2D eigenvalue weighted by Crippen LogP contribution is -2.48. The Hall–Kier alpha value is -0.396. The van der Waals surface area contributed by atoms with E-state index >= 15 is 0 Å². The van der Waals surface area contributed by atoms with Crippen LogP contribution in [0.4, 0.5) is 0 Å². The van der Waals surface area contributed by atoms with Crippen LogP contribution in [0.2, 0.25) is 22.7 Å². The van der Waals surface area contributed by atoms with Crippen molar-refractivity contribution in [2.45, 2.75) is 77.6 Å². The normalized spacial score (nSPS) is 12.9. The third-order valence-electron chi connectivity index (χ3n) is 4.18. The molecule has 0 aliphatic carbocycles. The zero-order valence-corrected chi connectivity index (χ0v) is 17.4. The van der Waals surface area contributed by atoms with Gasteiger partial charge in [0.05, 0.1) is 6.61 Å². The first kappa shape index (κ1) is 20.6. The van der Waals surface area contributed by atoms with Gasteiger partial charge >= 0.3 is 5.97 Å². The van der Waals surface area contributed by atoms with E-state index in [1.807, 2.05) is 0 Å². The summed E-state index contributed by atoms with van der Waals surface area (Å²) in [6.07, 6.45) is 0.907. The lowest BCUT2D eigenvalue weighted by Gasteiger charge is -2.42. The fraction of sp³-hybridized carbons (Fsp3) is 0.812. The van der Waals surface area contributed by atoms with Gasteiger partial charge in [-0.3, -0.25) is 0 Å². The lowest BCUT2D eigenvalue weighted by atomic mass is 10.4. The van der Waals surface area contributed by atoms with E-state index in [0.29, 0.717) is 28.8 Å². The van der Waals surface area contributed by atoms with E-state index in [-0.39, 0.29) is 5.97 Å². The summed E-state index contributed by atoms with van der Waals surface area (Å²) in [6, 6.07) is 1.07. The average Bonchev–Trinajstić information content (AvgIpc) is 2.35. The number of hydrogen-bond donors (Lipinski definition) is 0. The van der Waals surface area contributed by atoms with Crippen LogP contribution in [0.5, 0.6) is 0 Å². The second kappa shape index (κ2) is 9.59. The maximum Gasteiger partial charge on any atom is 0.333 e. The van der Waals surface area contributed by atoms with Crippen LogP contribution in [0, 0.1) is 0 Å². The summed E-state index contributed by atoms with van der Waals surface area (Å²) in [5.74, 6) is -0.284. The van der Waals surface area contributed by atoms with Crippen LogP contribution in [-0.4, -0.2) is 30.7 Å². The minimum absolute atomic E-state index is 0.284. The third kappa shape index (κ3) is 6.08. The molecule has 124 valence electrons. The molecule has 0 saturated carbocycles. The molecule has 0 N–H and O–H groups in total. The van der Waals surface area contributed by atoms with Crippen LogP contribution in [0.25, 0.3) is 0 Å². The minimum Gasteiger partial charge on any atom is -0.462 e. The quantitative estimate of drug-likeness (QED) is 0.261. The molecule has 0 aliphatic heterocycles. The Balaban J connectivity index is 4.23. The molecule has 0 aromatic heterocycles. The summed E-state index contributed by atoms with van der Waals surface area (Å²) in [6.45, 7) is 19.6. The van der Waals surface area contributed by atoms with E-state index in [1.165, 1.54) is 0 Å². The molecule has 0 aromatic carbocycles. The van der Waals surface area contributed by atoms with Crippen molar-refractivity contribution in [1.82, 2.24) is 0 Å². The highest BCUT2D eigenvalue weighted by atomic mass is 28.4. The summed E-state index contributed by atoms with van der Waals surface area (Å²) >= 11 is 0. The highest BCUT2D eigenvalue weighted by Crippen LogP contribution is 2.41. The van der Waals surface area contributed by atoms with Crippen molar-refractivity contribution in [2.75, 3.05) is 6.61 Å². The van der Waals surface area contributed by atoms with Crippen LogP contribution >= 0.6 is 0 Å². The van der Waals surface area contributed by atoms with Gasteiger partial charge in [-0.1, -0.05) is 48.1 Å². The van der Waals surface area contributed by atoms with Crippen molar-refractivity contribution in [3.63, 3.8) is 0 Å². The zero-order valence-electron chi connectivity index (χ0n) is 15.0. The van der Waals surface area contributed by atoms with Gasteiger partial charge < -0.3 is 8.85 Å². The molecule has 0 aliphatic rings. The molecule has 3 nitrogen and oxygen atoms in total. The predicted molar refractivity (Wildman–Crippen MR) is 95.9 cm³/mol. The highest BCUT2D eigenvalue weighted by Gasteiger charge is 2.44. The van der Waals surface area contributed by atoms with Gasteiger partial charge in [0, 0.05) is 5.57 Å². The molecule has 0 unspecified atom stereocenters. The number of hydrogen-bond acceptors (Lipinski definition) is 3. The average molecular weight is 331 g/mol. The molecule has 0 rings (SSSR count). The van der Waals surface area contributed by atoms with E-state index < -0.39 is 18.1 Å². The molecule has 5 heteroatoms. The SMILES string of the molecule is C=C(C)C(=O)OCCC[SiH2]O[Si](C(C)C)(C(C)C)C(C)C. The topological polar surface area (TPSA) is 35.5 Å². The Kier molecular flexibility index (Phi) is 9.41. The molecule has 0 fully saturated rings. The monoisotopic (exact) mass is 330 g/mol. The molecule has 0 amide bonds. The van der Waals surface area contributed by atoms with E-state index in [4.69, 9.17) is 8.85 Å². The second-order valence-electron chi connectivity index (χ2n) is 6.79. The first-order chi connectivity index (χ1) is 9.66. The van der Waals surface area contributed by atoms with E-state index in [0.717, 1.165) is 12.5 Å². The molecule has 0 radical (unpaired) electrons. The van der Waals surface area contributed by atoms with Gasteiger partial charge in [-0.15, -0.1) is 0 Å². The number of carbonyl (C=O) groups is 1. The zero-order chi connectivity index (χ0) is 16.6. The predicted octanol–water partition coefficient (Wildman–Crippen LogP) is 4.19. The summed E-state index contributed by atoms with van der Waals surface area (Å²) in [4.78, 5) is 11.3. The van der Waals surface area contributed by atoms with Crippen molar-refractivity contribution in [2.24, 2.45) is 0 Å². The smallest absolute Gasteiger partial charge is 0.333 e. The van der Waals surface area contributed by atoms with Gasteiger partial charge in [0.2, 0.25) is 0 Å². The van der Waals surface area contributed by atoms with E-state index in [1.54, 1.807) is 6.92 Å². The Labute approximate surface area is 134 Å². The summed E-state index contributed by atoms with van der Waals surface area (Å²) in [5.41, 5.74) is 2.40. The fourth-order valence-electron chi connectivity index (χ4n) is 3.24. The number of rotatable bonds is 10. The Morgan fingerprint density at radius 1 is 1.10 bits per heavy atom. The van der Waals surface area contributed by atoms with Gasteiger partial charge in [-0.2, -0.15) is 0 Å². The van der Waals surface area contributed by atoms with Crippen LogP contribution in [0.15, 0.2) is 12.2 Å². The minimum atomic E-state index is -1.69. The molecule has 0 heterocycles. The Morgan fingerprint density at radius 2 is 1.57 bits per heavy atom. The number of ether oxygens (including phenoxy) is 1. The Bertz CT molecular complexity index is 317. The molecule has 0 aromatic rings. The van der Waals surface area contributed by atoms with Gasteiger partial charge in [-0.25, -0.2) is 4.79 Å². The third-order valence-corrected chi connectivity index (χ3v) is 13.2. The molecule has 0 saturated heterocycles. The largest absolute Gasteiger partial charge is 0.462 e. The molecular formula is C16H34O3Si2. The second-order valence-corrected chi connectivity index (χ2v) is 14.2. The van der Waals surface area contributed by atoms with E-state index in [9.17, 15) is 4.79 Å². The number of esters is 1. The van der Waals surface area contributed by atoms with Gasteiger partial charge in [0.25, 0.3) is 0 Å². The van der Waals surface area contributed by atoms with Crippen molar-refractivity contribution < 1.29 is 13.6 Å². The summed E-state index contributed by atoms with van der Waals surface area (Å²) in [7, 11) is -2.23. The summed E-state index contributed by atoms with van der Waals surface area (Å²) < 4.78 is 11.7. The van der Waals surface area contributed by atoms with Crippen LogP contribution in [0.3, 0.4) is 0 Å². The van der Waals surface area contributed by atoms with Crippen LogP contribution in [-0.2, 0) is 13.6 Å². The maximum absolute atomic E-state index is 11.3. The van der Waals surface area contributed by atoms with Crippen LogP contribution in [0.1, 0.15) is 54.9 Å². The van der Waals surface area contributed by atoms with Gasteiger partial charge in [0.1, 0.15) is 9.76 Å². The van der Waals surface area contributed by atoms with Crippen molar-refractivity contribution in [3.05, 3.63) is 12.2 Å². The highest BCUT2D eigenvalue weighted by molar-refractivity contribution is 6.81. The van der Waals surface area contributed by atoms with Crippen molar-refractivity contribution in [1.29, 1.82) is 0 Å². The summed E-state index contributed by atoms with van der Waals surface area (Å²) in [5, 5.41) is 0. The first-order valence-electron chi connectivity index (χ1n) is 8.12. The van der Waals surface area contributed by atoms with Crippen LogP contribution < -0.4 is 0 Å². The number of carbonyl (C=O) groups excluding carboxylic acids is 1. The van der Waals surface area contributed by atoms with E-state index in [2.05, 4.69) is 48.1 Å². The van der Waals surface area contributed by atoms with Crippen molar-refractivity contribution in [3.8, 4) is 0 Å². The molecular weight excluding hydrogens is 296 g/mol. The Morgan fingerprint density at radius 3 is 1.95 bits per heavy atom. The maximum atomic E-state index is 11.3. The van der Waals surface area contributed by atoms with Gasteiger partial charge in [-0.05, 0) is 36.0 Å². The molecule has 0 bridgehead atoms. The molecule has 0 spiro atoms. The van der Waals surface area contributed by atoms with Crippen molar-refractivity contribution >= 4 is 24.0 Å². The first-order valence-corrected chi connectivity index (χ1v) is 11.8. The van der Waals surface area contributed by atoms with Gasteiger partial charge in [0.15, 0.2) is 8.32 Å². The lowest BCUT2D eigenvalue weighted by molar-refractivity contribution is -0.138. The molecule has 0 atom stereocenters.